The standard InChI is InChI=1S/C19H20FN2O2/c1-14(15-7-10-22(24)11-8-15)12-19(23)21-9-6-17(13-21)16-2-4-18(20)5-3-16/h2-5,7-8,10-12,17,24H,6,9,13H2,1H3/q+1/b14-12+. The minimum Gasteiger partial charge on any atom is -0.339 e. The molecule has 5 heteroatoms. The fourth-order valence-corrected chi connectivity index (χ4v) is 3.01. The first kappa shape index (κ1) is 16.2. The molecule has 1 atom stereocenters. The highest BCUT2D eigenvalue weighted by Crippen LogP contribution is 2.27. The monoisotopic (exact) mass is 327 g/mol. The first-order valence-electron chi connectivity index (χ1n) is 7.96. The number of rotatable bonds is 3. The molecule has 1 amide bonds. The Morgan fingerprint density at radius 1 is 1.25 bits per heavy atom. The maximum absolute atomic E-state index is 13.0. The molecule has 1 unspecified atom stereocenters. The maximum atomic E-state index is 13.0. The molecule has 24 heavy (non-hydrogen) atoms. The zero-order valence-corrected chi connectivity index (χ0v) is 13.5. The molecule has 0 spiro atoms. The third-order valence-corrected chi connectivity index (χ3v) is 4.45. The van der Waals surface area contributed by atoms with E-state index in [1.54, 1.807) is 30.3 Å². The summed E-state index contributed by atoms with van der Waals surface area (Å²) in [5.74, 6) is 0.00136. The molecule has 0 radical (unpaired) electrons. The highest BCUT2D eigenvalue weighted by atomic mass is 19.1. The minimum absolute atomic E-state index is 0.0159. The zero-order valence-electron chi connectivity index (χ0n) is 13.5. The van der Waals surface area contributed by atoms with E-state index >= 15 is 0 Å². The second-order valence-corrected chi connectivity index (χ2v) is 6.12. The van der Waals surface area contributed by atoms with Crippen molar-refractivity contribution in [2.75, 3.05) is 13.1 Å². The van der Waals surface area contributed by atoms with E-state index in [1.807, 2.05) is 11.8 Å². The van der Waals surface area contributed by atoms with Gasteiger partial charge in [-0.05, 0) is 42.2 Å². The molecule has 0 aliphatic carbocycles. The Morgan fingerprint density at radius 3 is 2.58 bits per heavy atom. The molecule has 4 nitrogen and oxygen atoms in total. The molecule has 1 aromatic carbocycles. The molecule has 124 valence electrons. The van der Waals surface area contributed by atoms with Gasteiger partial charge in [0.15, 0.2) is 0 Å². The Balaban J connectivity index is 1.66. The van der Waals surface area contributed by atoms with Gasteiger partial charge in [-0.1, -0.05) is 12.1 Å². The Kier molecular flexibility index (Phi) is 4.60. The topological polar surface area (TPSA) is 44.4 Å². The van der Waals surface area contributed by atoms with E-state index < -0.39 is 0 Å². The second-order valence-electron chi connectivity index (χ2n) is 6.12. The van der Waals surface area contributed by atoms with Gasteiger partial charge in [-0.3, -0.25) is 10.0 Å². The largest absolute Gasteiger partial charge is 0.339 e. The van der Waals surface area contributed by atoms with Crippen LogP contribution >= 0.6 is 0 Å². The molecule has 1 aromatic heterocycles. The van der Waals surface area contributed by atoms with Gasteiger partial charge in [-0.15, -0.1) is 0 Å². The molecule has 2 heterocycles. The number of aromatic nitrogens is 1. The molecule has 0 saturated carbocycles. The number of likely N-dealkylation sites (tertiary alicyclic amines) is 1. The molecule has 1 fully saturated rings. The van der Waals surface area contributed by atoms with Gasteiger partial charge in [0.1, 0.15) is 5.82 Å². The number of hydrogen-bond acceptors (Lipinski definition) is 2. The highest BCUT2D eigenvalue weighted by molar-refractivity contribution is 5.95. The Bertz CT molecular complexity index is 754. The Labute approximate surface area is 140 Å². The number of halogens is 1. The summed E-state index contributed by atoms with van der Waals surface area (Å²) in [5.41, 5.74) is 2.82. The van der Waals surface area contributed by atoms with Crippen LogP contribution in [-0.4, -0.2) is 29.1 Å². The van der Waals surface area contributed by atoms with E-state index in [0.717, 1.165) is 27.9 Å². The lowest BCUT2D eigenvalue weighted by Gasteiger charge is -2.15. The van der Waals surface area contributed by atoms with Crippen LogP contribution in [0.5, 0.6) is 0 Å². The quantitative estimate of drug-likeness (QED) is 0.535. The summed E-state index contributed by atoms with van der Waals surface area (Å²) in [6.45, 7) is 3.23. The van der Waals surface area contributed by atoms with Crippen molar-refractivity contribution in [1.29, 1.82) is 0 Å². The third kappa shape index (κ3) is 3.62. The van der Waals surface area contributed by atoms with Crippen molar-refractivity contribution in [1.82, 2.24) is 4.90 Å². The lowest BCUT2D eigenvalue weighted by molar-refractivity contribution is -0.904. The van der Waals surface area contributed by atoms with Crippen LogP contribution in [0, 0.1) is 5.82 Å². The zero-order chi connectivity index (χ0) is 17.1. The Hall–Kier alpha value is -2.69. The summed E-state index contributed by atoms with van der Waals surface area (Å²) in [7, 11) is 0. The summed E-state index contributed by atoms with van der Waals surface area (Å²) >= 11 is 0. The van der Waals surface area contributed by atoms with Crippen LogP contribution in [0.3, 0.4) is 0 Å². The number of allylic oxidation sites excluding steroid dienone is 1. The molecule has 0 bridgehead atoms. The molecule has 1 aliphatic rings. The van der Waals surface area contributed by atoms with Crippen molar-refractivity contribution in [3.63, 3.8) is 0 Å². The summed E-state index contributed by atoms with van der Waals surface area (Å²) in [5, 5.41) is 9.25. The second kappa shape index (κ2) is 6.83. The van der Waals surface area contributed by atoms with E-state index in [2.05, 4.69) is 0 Å². The minimum atomic E-state index is -0.240. The van der Waals surface area contributed by atoms with Crippen LogP contribution in [0.4, 0.5) is 4.39 Å². The van der Waals surface area contributed by atoms with Crippen molar-refractivity contribution in [2.45, 2.75) is 19.3 Å². The van der Waals surface area contributed by atoms with Crippen LogP contribution in [0.25, 0.3) is 5.57 Å². The predicted molar refractivity (Wildman–Crippen MR) is 87.8 cm³/mol. The number of benzene rings is 1. The fraction of sp³-hybridized carbons (Fsp3) is 0.263. The number of carbonyl (C=O) groups is 1. The SMILES string of the molecule is C/C(=C\C(=O)N1CCC(c2ccc(F)cc2)C1)c1cc[n+](O)cc1. The number of carbonyl (C=O) groups excluding carboxylic acids is 1. The molecule has 1 N–H and O–H groups in total. The van der Waals surface area contributed by atoms with Crippen molar-refractivity contribution < 1.29 is 19.1 Å². The number of amides is 1. The van der Waals surface area contributed by atoms with Gasteiger partial charge < -0.3 is 4.90 Å². The average molecular weight is 327 g/mol. The lowest BCUT2D eigenvalue weighted by Crippen LogP contribution is -2.28. The summed E-state index contributed by atoms with van der Waals surface area (Å²) in [6, 6.07) is 10.0. The van der Waals surface area contributed by atoms with Gasteiger partial charge in [-0.2, -0.15) is 0 Å². The number of nitrogens with zero attached hydrogens (tertiary/aromatic N) is 2. The van der Waals surface area contributed by atoms with Gasteiger partial charge in [-0.25, -0.2) is 4.39 Å². The van der Waals surface area contributed by atoms with Crippen LogP contribution in [0.2, 0.25) is 0 Å². The summed E-state index contributed by atoms with van der Waals surface area (Å²) in [6.07, 6.45) is 5.57. The summed E-state index contributed by atoms with van der Waals surface area (Å²) in [4.78, 5) is 14.3. The van der Waals surface area contributed by atoms with Gasteiger partial charge in [0.25, 0.3) is 0 Å². The predicted octanol–water partition coefficient (Wildman–Crippen LogP) is 2.77. The maximum Gasteiger partial charge on any atom is 0.246 e. The highest BCUT2D eigenvalue weighted by Gasteiger charge is 2.26. The lowest BCUT2D eigenvalue weighted by atomic mass is 9.99. The molecular weight excluding hydrogens is 307 g/mol. The van der Waals surface area contributed by atoms with Crippen LogP contribution in [0.1, 0.15) is 30.4 Å². The molecule has 2 aromatic rings. The molecule has 1 saturated heterocycles. The van der Waals surface area contributed by atoms with Gasteiger partial charge in [0, 0.05) is 41.9 Å². The van der Waals surface area contributed by atoms with E-state index in [-0.39, 0.29) is 17.6 Å². The van der Waals surface area contributed by atoms with Crippen molar-refractivity contribution in [3.05, 3.63) is 71.8 Å². The van der Waals surface area contributed by atoms with E-state index in [9.17, 15) is 14.4 Å². The van der Waals surface area contributed by atoms with Crippen LogP contribution < -0.4 is 4.73 Å². The van der Waals surface area contributed by atoms with E-state index in [0.29, 0.717) is 13.1 Å². The van der Waals surface area contributed by atoms with Crippen molar-refractivity contribution in [2.24, 2.45) is 0 Å². The normalized spacial score (nSPS) is 18.0. The van der Waals surface area contributed by atoms with Crippen LogP contribution in [-0.2, 0) is 4.79 Å². The molecule has 1 aliphatic heterocycles. The molecular formula is C19H20FN2O2+. The van der Waals surface area contributed by atoms with Crippen LogP contribution in [0.15, 0.2) is 54.9 Å². The van der Waals surface area contributed by atoms with Gasteiger partial charge >= 0.3 is 0 Å². The number of pyridine rings is 1. The summed E-state index contributed by atoms with van der Waals surface area (Å²) < 4.78 is 14.0. The van der Waals surface area contributed by atoms with Crippen molar-refractivity contribution >= 4 is 11.5 Å². The Morgan fingerprint density at radius 2 is 1.92 bits per heavy atom. The van der Waals surface area contributed by atoms with Crippen molar-refractivity contribution in [3.8, 4) is 0 Å². The van der Waals surface area contributed by atoms with Gasteiger partial charge in [0.05, 0.1) is 0 Å². The van der Waals surface area contributed by atoms with E-state index in [4.69, 9.17) is 0 Å². The number of hydrogen-bond donors (Lipinski definition) is 1. The average Bonchev–Trinajstić information content (AvgIpc) is 3.06. The first-order valence-corrected chi connectivity index (χ1v) is 7.96. The third-order valence-electron chi connectivity index (χ3n) is 4.45. The smallest absolute Gasteiger partial charge is 0.246 e. The van der Waals surface area contributed by atoms with E-state index in [1.165, 1.54) is 24.5 Å². The first-order chi connectivity index (χ1) is 11.5. The van der Waals surface area contributed by atoms with Gasteiger partial charge in [0.2, 0.25) is 18.3 Å². The molecule has 3 rings (SSSR count). The fourth-order valence-electron chi connectivity index (χ4n) is 3.01.